The Balaban J connectivity index is 2.02. The molecule has 0 aliphatic carbocycles. The van der Waals surface area contributed by atoms with E-state index in [4.69, 9.17) is 11.6 Å². The number of sulfonamides is 1. The van der Waals surface area contributed by atoms with Gasteiger partial charge in [-0.25, -0.2) is 18.1 Å². The van der Waals surface area contributed by atoms with Crippen molar-refractivity contribution in [2.24, 2.45) is 7.05 Å². The van der Waals surface area contributed by atoms with Crippen molar-refractivity contribution in [1.82, 2.24) is 19.5 Å². The fraction of sp³-hybridized carbons (Fsp3) is 0.333. The van der Waals surface area contributed by atoms with E-state index in [1.54, 1.807) is 11.7 Å². The van der Waals surface area contributed by atoms with Gasteiger partial charge in [-0.1, -0.05) is 11.6 Å². The van der Waals surface area contributed by atoms with Crippen molar-refractivity contribution in [2.75, 3.05) is 18.9 Å². The average Bonchev–Trinajstić information content (AvgIpc) is 2.84. The largest absolute Gasteiger partial charge is 0.372 e. The predicted octanol–water partition coefficient (Wildman–Crippen LogP) is 1.03. The van der Waals surface area contributed by atoms with Gasteiger partial charge < -0.3 is 5.32 Å². The van der Waals surface area contributed by atoms with Gasteiger partial charge in [0.15, 0.2) is 0 Å². The van der Waals surface area contributed by atoms with Crippen LogP contribution in [0, 0.1) is 0 Å². The molecule has 0 amide bonds. The van der Waals surface area contributed by atoms with E-state index in [1.165, 1.54) is 12.3 Å². The molecule has 0 saturated carbocycles. The molecule has 0 aliphatic heterocycles. The van der Waals surface area contributed by atoms with Crippen LogP contribution in [-0.2, 0) is 23.5 Å². The van der Waals surface area contributed by atoms with E-state index in [9.17, 15) is 8.42 Å². The highest BCUT2D eigenvalue weighted by atomic mass is 35.5. The summed E-state index contributed by atoms with van der Waals surface area (Å²) in [7, 11) is -0.160. The minimum Gasteiger partial charge on any atom is -0.372 e. The molecule has 2 N–H and O–H groups in total. The monoisotopic (exact) mass is 329 g/mol. The van der Waals surface area contributed by atoms with Crippen LogP contribution in [0.4, 0.5) is 5.82 Å². The van der Waals surface area contributed by atoms with Crippen LogP contribution in [0.1, 0.15) is 5.69 Å². The van der Waals surface area contributed by atoms with E-state index in [2.05, 4.69) is 20.1 Å². The molecule has 0 unspecified atom stereocenters. The zero-order valence-corrected chi connectivity index (χ0v) is 13.2. The summed E-state index contributed by atoms with van der Waals surface area (Å²) in [5.41, 5.74) is 0.821. The second-order valence-electron chi connectivity index (χ2n) is 4.38. The van der Waals surface area contributed by atoms with E-state index < -0.39 is 10.0 Å². The van der Waals surface area contributed by atoms with E-state index in [0.29, 0.717) is 12.2 Å². The zero-order chi connectivity index (χ0) is 15.5. The quantitative estimate of drug-likeness (QED) is 0.826. The van der Waals surface area contributed by atoms with Crippen molar-refractivity contribution in [3.8, 4) is 0 Å². The number of pyridine rings is 1. The second kappa shape index (κ2) is 6.42. The Morgan fingerprint density at radius 2 is 2.19 bits per heavy atom. The molecule has 21 heavy (non-hydrogen) atoms. The topological polar surface area (TPSA) is 88.9 Å². The van der Waals surface area contributed by atoms with Crippen molar-refractivity contribution in [3.05, 3.63) is 35.2 Å². The third-order valence-corrected chi connectivity index (χ3v) is 4.52. The fourth-order valence-electron chi connectivity index (χ4n) is 1.74. The molecular weight excluding hydrogens is 314 g/mol. The predicted molar refractivity (Wildman–Crippen MR) is 80.9 cm³/mol. The number of aryl methyl sites for hydroxylation is 1. The number of nitrogens with one attached hydrogen (secondary N) is 2. The Labute approximate surface area is 128 Å². The lowest BCUT2D eigenvalue weighted by Gasteiger charge is -2.08. The van der Waals surface area contributed by atoms with Crippen molar-refractivity contribution in [3.63, 3.8) is 0 Å². The van der Waals surface area contributed by atoms with Crippen LogP contribution in [0.2, 0.25) is 5.02 Å². The minimum atomic E-state index is -3.63. The van der Waals surface area contributed by atoms with Crippen LogP contribution in [0.25, 0.3) is 0 Å². The van der Waals surface area contributed by atoms with E-state index in [-0.39, 0.29) is 16.5 Å². The average molecular weight is 330 g/mol. The van der Waals surface area contributed by atoms with Crippen molar-refractivity contribution in [2.45, 2.75) is 11.3 Å². The van der Waals surface area contributed by atoms with Crippen LogP contribution >= 0.6 is 11.6 Å². The van der Waals surface area contributed by atoms with Gasteiger partial charge in [0, 0.05) is 39.5 Å². The molecule has 114 valence electrons. The minimum absolute atomic E-state index is 0.0347. The third kappa shape index (κ3) is 3.93. The van der Waals surface area contributed by atoms with Gasteiger partial charge >= 0.3 is 0 Å². The number of anilines is 1. The summed E-state index contributed by atoms with van der Waals surface area (Å²) in [6.45, 7) is 0.255. The Kier molecular flexibility index (Phi) is 4.81. The molecule has 0 fully saturated rings. The van der Waals surface area contributed by atoms with E-state index in [0.717, 1.165) is 5.69 Å². The van der Waals surface area contributed by atoms with Gasteiger partial charge in [0.2, 0.25) is 10.0 Å². The van der Waals surface area contributed by atoms with Crippen LogP contribution in [0.15, 0.2) is 29.4 Å². The maximum atomic E-state index is 12.1. The molecule has 9 heteroatoms. The lowest BCUT2D eigenvalue weighted by Crippen LogP contribution is -2.26. The van der Waals surface area contributed by atoms with Gasteiger partial charge in [-0.05, 0) is 12.1 Å². The summed E-state index contributed by atoms with van der Waals surface area (Å²) in [5, 5.41) is 7.21. The second-order valence-corrected chi connectivity index (χ2v) is 6.55. The summed E-state index contributed by atoms with van der Waals surface area (Å²) in [6.07, 6.45) is 3.58. The lowest BCUT2D eigenvalue weighted by atomic mass is 10.3. The first-order valence-electron chi connectivity index (χ1n) is 6.24. The van der Waals surface area contributed by atoms with Crippen molar-refractivity contribution in [1.29, 1.82) is 0 Å². The molecule has 0 spiro atoms. The van der Waals surface area contributed by atoms with Gasteiger partial charge in [-0.2, -0.15) is 5.10 Å². The summed E-state index contributed by atoms with van der Waals surface area (Å²) in [6, 6.07) is 3.21. The first kappa shape index (κ1) is 15.7. The zero-order valence-electron chi connectivity index (χ0n) is 11.7. The molecule has 0 radical (unpaired) electrons. The lowest BCUT2D eigenvalue weighted by molar-refractivity contribution is 0.580. The number of hydrogen-bond acceptors (Lipinski definition) is 5. The molecule has 2 heterocycles. The Hall–Kier alpha value is -1.64. The normalized spacial score (nSPS) is 11.6. The molecule has 0 aliphatic rings. The van der Waals surface area contributed by atoms with E-state index in [1.807, 2.05) is 19.3 Å². The number of nitrogens with zero attached hydrogens (tertiary/aromatic N) is 3. The fourth-order valence-corrected chi connectivity index (χ4v) is 3.07. The van der Waals surface area contributed by atoms with Gasteiger partial charge in [0.25, 0.3) is 0 Å². The first-order valence-corrected chi connectivity index (χ1v) is 8.10. The van der Waals surface area contributed by atoms with Crippen LogP contribution < -0.4 is 10.0 Å². The summed E-state index contributed by atoms with van der Waals surface area (Å²) < 4.78 is 28.4. The molecule has 7 nitrogen and oxygen atoms in total. The van der Waals surface area contributed by atoms with Crippen LogP contribution in [0.3, 0.4) is 0 Å². The highest BCUT2D eigenvalue weighted by Gasteiger charge is 2.16. The Morgan fingerprint density at radius 1 is 1.43 bits per heavy atom. The molecule has 0 atom stereocenters. The summed E-state index contributed by atoms with van der Waals surface area (Å²) in [5.74, 6) is 0.434. The first-order chi connectivity index (χ1) is 9.92. The number of hydrogen-bond donors (Lipinski definition) is 2. The molecule has 2 aromatic rings. The highest BCUT2D eigenvalue weighted by molar-refractivity contribution is 7.89. The van der Waals surface area contributed by atoms with Gasteiger partial charge in [0.1, 0.15) is 10.7 Å². The van der Waals surface area contributed by atoms with Gasteiger partial charge in [-0.3, -0.25) is 4.68 Å². The molecule has 0 bridgehead atoms. The van der Waals surface area contributed by atoms with Crippen molar-refractivity contribution < 1.29 is 8.42 Å². The molecule has 0 saturated heterocycles. The SMILES string of the molecule is CNc1ncc(S(=O)(=O)NCCc2ccn(C)n2)cc1Cl. The van der Waals surface area contributed by atoms with Crippen LogP contribution in [-0.4, -0.2) is 36.8 Å². The number of halogens is 1. The standard InChI is InChI=1S/C12H16ClN5O2S/c1-14-12-11(13)7-10(8-15-12)21(19,20)16-5-3-9-4-6-18(2)17-9/h4,6-8,16H,3,5H2,1-2H3,(H,14,15). The number of aromatic nitrogens is 3. The van der Waals surface area contributed by atoms with Gasteiger partial charge in [-0.15, -0.1) is 0 Å². The maximum Gasteiger partial charge on any atom is 0.242 e. The smallest absolute Gasteiger partial charge is 0.242 e. The third-order valence-electron chi connectivity index (χ3n) is 2.81. The highest BCUT2D eigenvalue weighted by Crippen LogP contribution is 2.21. The molecular formula is C12H16ClN5O2S. The van der Waals surface area contributed by atoms with Gasteiger partial charge in [0.05, 0.1) is 10.7 Å². The molecule has 0 aromatic carbocycles. The van der Waals surface area contributed by atoms with E-state index >= 15 is 0 Å². The molecule has 2 aromatic heterocycles. The summed E-state index contributed by atoms with van der Waals surface area (Å²) in [4.78, 5) is 3.99. The number of rotatable bonds is 6. The van der Waals surface area contributed by atoms with Crippen molar-refractivity contribution >= 4 is 27.4 Å². The van der Waals surface area contributed by atoms with Crippen LogP contribution in [0.5, 0.6) is 0 Å². The maximum absolute atomic E-state index is 12.1. The Bertz CT molecular complexity index is 729. The Morgan fingerprint density at radius 3 is 2.76 bits per heavy atom. The molecule has 2 rings (SSSR count). The summed E-state index contributed by atoms with van der Waals surface area (Å²) >= 11 is 5.94.